The van der Waals surface area contributed by atoms with Gasteiger partial charge >= 0.3 is 0 Å². The monoisotopic (exact) mass is 428 g/mol. The van der Waals surface area contributed by atoms with Crippen LogP contribution < -0.4 is 10.7 Å². The molecular formula is C23H29FN4O3. The fourth-order valence-corrected chi connectivity index (χ4v) is 4.06. The first-order chi connectivity index (χ1) is 15.1. The average molecular weight is 429 g/mol. The van der Waals surface area contributed by atoms with E-state index in [0.717, 1.165) is 81.1 Å². The van der Waals surface area contributed by atoms with E-state index in [9.17, 15) is 9.18 Å². The van der Waals surface area contributed by atoms with Gasteiger partial charge in [0, 0.05) is 37.2 Å². The second-order valence-corrected chi connectivity index (χ2v) is 7.95. The fourth-order valence-electron chi connectivity index (χ4n) is 4.06. The third-order valence-electron chi connectivity index (χ3n) is 5.74. The van der Waals surface area contributed by atoms with Crippen molar-refractivity contribution in [3.05, 3.63) is 52.7 Å². The van der Waals surface area contributed by atoms with Gasteiger partial charge in [0.15, 0.2) is 5.76 Å². The predicted molar refractivity (Wildman–Crippen MR) is 117 cm³/mol. The number of aryl methyl sites for hydroxylation is 1. The molecule has 1 amide bonds. The molecule has 0 spiro atoms. The maximum Gasteiger partial charge on any atom is 0.287 e. The summed E-state index contributed by atoms with van der Waals surface area (Å²) >= 11 is 0. The van der Waals surface area contributed by atoms with Crippen LogP contribution in [0.25, 0.3) is 0 Å². The van der Waals surface area contributed by atoms with Crippen molar-refractivity contribution in [2.75, 3.05) is 44.8 Å². The minimum atomic E-state index is -0.288. The molecule has 2 aromatic rings. The van der Waals surface area contributed by atoms with E-state index in [1.165, 1.54) is 12.1 Å². The molecule has 1 aliphatic carbocycles. The zero-order chi connectivity index (χ0) is 21.6. The van der Waals surface area contributed by atoms with Crippen LogP contribution in [0.3, 0.4) is 0 Å². The summed E-state index contributed by atoms with van der Waals surface area (Å²) in [5.74, 6) is 0.707. The van der Waals surface area contributed by atoms with E-state index in [4.69, 9.17) is 9.15 Å². The number of carbonyl (C=O) groups is 1. The molecule has 0 atom stereocenters. The number of ether oxygens (including phenoxy) is 1. The zero-order valence-electron chi connectivity index (χ0n) is 17.9. The lowest BCUT2D eigenvalue weighted by atomic mass is 9.93. The van der Waals surface area contributed by atoms with E-state index in [0.29, 0.717) is 18.0 Å². The van der Waals surface area contributed by atoms with Gasteiger partial charge in [-0.15, -0.1) is 0 Å². The molecule has 8 heteroatoms. The number of hydrogen-bond acceptors (Lipinski definition) is 6. The Bertz CT molecular complexity index is 933. The Balaban J connectivity index is 1.38. The maximum absolute atomic E-state index is 13.1. The highest BCUT2D eigenvalue weighted by atomic mass is 19.1. The van der Waals surface area contributed by atoms with Crippen LogP contribution in [-0.2, 0) is 11.2 Å². The SMILES string of the molecule is Cc1c(C(=O)NCCCN2CCOCC2)oc2c1/C(=N/Nc1ccc(F)cc1)CCC2. The summed E-state index contributed by atoms with van der Waals surface area (Å²) in [6.45, 7) is 6.92. The number of morpholine rings is 1. The summed E-state index contributed by atoms with van der Waals surface area (Å²) in [5.41, 5.74) is 6.29. The van der Waals surface area contributed by atoms with Gasteiger partial charge < -0.3 is 14.5 Å². The topological polar surface area (TPSA) is 79.1 Å². The van der Waals surface area contributed by atoms with E-state index in [-0.39, 0.29) is 11.7 Å². The Morgan fingerprint density at radius 2 is 1.97 bits per heavy atom. The molecule has 1 aromatic carbocycles. The molecule has 1 aromatic heterocycles. The predicted octanol–water partition coefficient (Wildman–Crippen LogP) is 3.33. The van der Waals surface area contributed by atoms with Crippen molar-refractivity contribution in [3.8, 4) is 0 Å². The summed E-state index contributed by atoms with van der Waals surface area (Å²) in [5, 5.41) is 7.51. The molecule has 7 nitrogen and oxygen atoms in total. The molecule has 1 aliphatic heterocycles. The highest BCUT2D eigenvalue weighted by Gasteiger charge is 2.27. The smallest absolute Gasteiger partial charge is 0.287 e. The standard InChI is InChI=1S/C23H29FN4O3/c1-16-21-19(27-26-18-8-6-17(24)7-9-18)4-2-5-20(21)31-22(16)23(29)25-10-3-11-28-12-14-30-15-13-28/h6-9,26H,2-5,10-15H2,1H3,(H,25,29)/b27-19+. The number of halogens is 1. The third-order valence-corrected chi connectivity index (χ3v) is 5.74. The van der Waals surface area contributed by atoms with E-state index in [2.05, 4.69) is 20.7 Å². The van der Waals surface area contributed by atoms with Crippen LogP contribution in [0.4, 0.5) is 10.1 Å². The van der Waals surface area contributed by atoms with Gasteiger partial charge in [-0.3, -0.25) is 15.1 Å². The minimum Gasteiger partial charge on any atom is -0.455 e. The fraction of sp³-hybridized carbons (Fsp3) is 0.478. The van der Waals surface area contributed by atoms with E-state index < -0.39 is 0 Å². The Morgan fingerprint density at radius 1 is 1.19 bits per heavy atom. The van der Waals surface area contributed by atoms with Crippen LogP contribution in [0.15, 0.2) is 33.8 Å². The number of fused-ring (bicyclic) bond motifs is 1. The van der Waals surface area contributed by atoms with Gasteiger partial charge in [0.25, 0.3) is 5.91 Å². The van der Waals surface area contributed by atoms with Gasteiger partial charge in [0.05, 0.1) is 24.6 Å². The number of anilines is 1. The molecule has 1 fully saturated rings. The largest absolute Gasteiger partial charge is 0.455 e. The molecule has 31 heavy (non-hydrogen) atoms. The summed E-state index contributed by atoms with van der Waals surface area (Å²) < 4.78 is 24.4. The molecule has 1 saturated heterocycles. The van der Waals surface area contributed by atoms with E-state index in [1.54, 1.807) is 12.1 Å². The number of benzene rings is 1. The van der Waals surface area contributed by atoms with Crippen molar-refractivity contribution in [1.82, 2.24) is 10.2 Å². The Kier molecular flexibility index (Phi) is 6.99. The number of nitrogens with one attached hydrogen (secondary N) is 2. The van der Waals surface area contributed by atoms with Gasteiger partial charge in [-0.1, -0.05) is 0 Å². The molecule has 0 bridgehead atoms. The molecule has 2 heterocycles. The second kappa shape index (κ2) is 10.1. The zero-order valence-corrected chi connectivity index (χ0v) is 17.9. The Hall–Kier alpha value is -2.71. The summed E-state index contributed by atoms with van der Waals surface area (Å²) in [6, 6.07) is 6.06. The molecule has 4 rings (SSSR count). The van der Waals surface area contributed by atoms with Crippen LogP contribution in [-0.4, -0.2) is 55.9 Å². The molecular weight excluding hydrogens is 399 g/mol. The van der Waals surface area contributed by atoms with Crippen LogP contribution in [0.5, 0.6) is 0 Å². The normalized spacial score (nSPS) is 18.1. The van der Waals surface area contributed by atoms with Crippen molar-refractivity contribution < 1.29 is 18.3 Å². The van der Waals surface area contributed by atoms with Crippen LogP contribution in [0, 0.1) is 12.7 Å². The lowest BCUT2D eigenvalue weighted by Crippen LogP contribution is -2.38. The number of carbonyl (C=O) groups excluding carboxylic acids is 1. The molecule has 2 aliphatic rings. The number of amides is 1. The molecule has 0 unspecified atom stereocenters. The van der Waals surface area contributed by atoms with Gasteiger partial charge in [0.1, 0.15) is 11.6 Å². The van der Waals surface area contributed by atoms with Gasteiger partial charge in [-0.05, 0) is 57.0 Å². The second-order valence-electron chi connectivity index (χ2n) is 7.95. The minimum absolute atomic E-state index is 0.181. The molecule has 2 N–H and O–H groups in total. The van der Waals surface area contributed by atoms with Crippen LogP contribution in [0.2, 0.25) is 0 Å². The number of nitrogens with zero attached hydrogens (tertiary/aromatic N) is 2. The first-order valence-electron chi connectivity index (χ1n) is 10.9. The molecule has 166 valence electrons. The van der Waals surface area contributed by atoms with Crippen molar-refractivity contribution in [2.45, 2.75) is 32.6 Å². The lowest BCUT2D eigenvalue weighted by molar-refractivity contribution is 0.0374. The van der Waals surface area contributed by atoms with Crippen LogP contribution >= 0.6 is 0 Å². The van der Waals surface area contributed by atoms with Crippen molar-refractivity contribution in [3.63, 3.8) is 0 Å². The Labute approximate surface area is 181 Å². The highest BCUT2D eigenvalue weighted by Crippen LogP contribution is 2.30. The lowest BCUT2D eigenvalue weighted by Gasteiger charge is -2.26. The van der Waals surface area contributed by atoms with Gasteiger partial charge in [-0.25, -0.2) is 4.39 Å². The third kappa shape index (κ3) is 5.32. The summed E-state index contributed by atoms with van der Waals surface area (Å²) in [4.78, 5) is 15.1. The number of hydrazone groups is 1. The first kappa shape index (κ1) is 21.5. The molecule has 0 radical (unpaired) electrons. The molecule has 0 saturated carbocycles. The maximum atomic E-state index is 13.1. The number of rotatable bonds is 7. The van der Waals surface area contributed by atoms with E-state index >= 15 is 0 Å². The van der Waals surface area contributed by atoms with Gasteiger partial charge in [-0.2, -0.15) is 5.10 Å². The average Bonchev–Trinajstić information content (AvgIpc) is 3.14. The number of hydrogen-bond donors (Lipinski definition) is 2. The first-order valence-corrected chi connectivity index (χ1v) is 10.9. The quantitative estimate of drug-likeness (QED) is 0.522. The number of furan rings is 1. The Morgan fingerprint density at radius 3 is 2.74 bits per heavy atom. The highest BCUT2D eigenvalue weighted by molar-refractivity contribution is 6.06. The summed E-state index contributed by atoms with van der Waals surface area (Å²) in [6.07, 6.45) is 3.38. The summed E-state index contributed by atoms with van der Waals surface area (Å²) in [7, 11) is 0. The van der Waals surface area contributed by atoms with Crippen LogP contribution in [0.1, 0.15) is 46.7 Å². The van der Waals surface area contributed by atoms with Crippen molar-refractivity contribution in [1.29, 1.82) is 0 Å². The van der Waals surface area contributed by atoms with Crippen molar-refractivity contribution >= 4 is 17.3 Å². The van der Waals surface area contributed by atoms with E-state index in [1.807, 2.05) is 6.92 Å². The van der Waals surface area contributed by atoms with Gasteiger partial charge in [0.2, 0.25) is 0 Å². The van der Waals surface area contributed by atoms with Crippen molar-refractivity contribution in [2.24, 2.45) is 5.10 Å².